The van der Waals surface area contributed by atoms with Gasteiger partial charge in [-0.05, 0) is 76.9 Å². The summed E-state index contributed by atoms with van der Waals surface area (Å²) in [7, 11) is 0. The first-order valence-corrected chi connectivity index (χ1v) is 11.1. The second-order valence-electron chi connectivity index (χ2n) is 8.92. The number of anilines is 1. The monoisotopic (exact) mass is 433 g/mol. The maximum atomic E-state index is 13.3. The summed E-state index contributed by atoms with van der Waals surface area (Å²) in [5.41, 5.74) is 5.40. The Hall–Kier alpha value is -3.31. The number of ether oxygens (including phenoxy) is 2. The van der Waals surface area contributed by atoms with E-state index >= 15 is 0 Å². The quantitative estimate of drug-likeness (QED) is 0.511. The van der Waals surface area contributed by atoms with E-state index in [4.69, 9.17) is 9.47 Å². The topological polar surface area (TPSA) is 67.8 Å². The average Bonchev–Trinajstić information content (AvgIpc) is 3.49. The van der Waals surface area contributed by atoms with Crippen LogP contribution in [0.1, 0.15) is 52.2 Å². The number of aliphatic hydroxyl groups excluding tert-OH is 1. The smallest absolute Gasteiger partial charge is 0.235 e. The molecule has 2 aliphatic rings. The first kappa shape index (κ1) is 20.6. The molecule has 168 valence electrons. The largest absolute Gasteiger partial charge is 0.454 e. The van der Waals surface area contributed by atoms with E-state index in [9.17, 15) is 9.90 Å². The van der Waals surface area contributed by atoms with Crippen LogP contribution in [0.2, 0.25) is 0 Å². The molecule has 1 aliphatic carbocycles. The van der Waals surface area contributed by atoms with Crippen molar-refractivity contribution < 1.29 is 22.2 Å². The second-order valence-corrected chi connectivity index (χ2v) is 8.92. The number of amides is 1. The SMILES string of the molecule is CC(C)c1ccc(NC(=O)C2(c3ccc4c(c3)OCO4)CC2)cc1-c1cccc(CO)c1.[HH].[HH]. The summed E-state index contributed by atoms with van der Waals surface area (Å²) in [5.74, 6) is 1.76. The number of nitrogens with one attached hydrogen (secondary N) is 1. The fraction of sp³-hybridized carbons (Fsp3) is 0.296. The van der Waals surface area contributed by atoms with Gasteiger partial charge < -0.3 is 19.9 Å². The Kier molecular flexibility index (Phi) is 5.14. The van der Waals surface area contributed by atoms with Crippen molar-refractivity contribution in [3.05, 3.63) is 77.4 Å². The van der Waals surface area contributed by atoms with Gasteiger partial charge in [0.25, 0.3) is 0 Å². The first-order chi connectivity index (χ1) is 15.5. The van der Waals surface area contributed by atoms with Gasteiger partial charge in [-0.25, -0.2) is 0 Å². The molecule has 5 heteroatoms. The third kappa shape index (κ3) is 3.63. The van der Waals surface area contributed by atoms with E-state index in [2.05, 4.69) is 25.2 Å². The molecule has 1 fully saturated rings. The van der Waals surface area contributed by atoms with Crippen LogP contribution in [0, 0.1) is 0 Å². The number of carbonyl (C=O) groups excluding carboxylic acids is 1. The molecule has 0 spiro atoms. The van der Waals surface area contributed by atoms with Gasteiger partial charge >= 0.3 is 0 Å². The predicted octanol–water partition coefficient (Wildman–Crippen LogP) is 5.86. The Bertz CT molecular complexity index is 1190. The Morgan fingerprint density at radius 2 is 1.88 bits per heavy atom. The molecule has 0 radical (unpaired) electrons. The van der Waals surface area contributed by atoms with E-state index in [1.165, 1.54) is 5.56 Å². The molecule has 1 heterocycles. The molecule has 0 aromatic heterocycles. The van der Waals surface area contributed by atoms with E-state index < -0.39 is 5.41 Å². The predicted molar refractivity (Wildman–Crippen MR) is 128 cm³/mol. The van der Waals surface area contributed by atoms with Crippen LogP contribution < -0.4 is 14.8 Å². The Balaban J connectivity index is 0.00000162. The molecule has 0 bridgehead atoms. The van der Waals surface area contributed by atoms with Gasteiger partial charge in [0, 0.05) is 8.54 Å². The van der Waals surface area contributed by atoms with Gasteiger partial charge in [0.2, 0.25) is 12.7 Å². The first-order valence-electron chi connectivity index (χ1n) is 11.1. The number of carbonyl (C=O) groups is 1. The van der Waals surface area contributed by atoms with Crippen molar-refractivity contribution in [1.82, 2.24) is 0 Å². The number of hydrogen-bond acceptors (Lipinski definition) is 4. The molecule has 5 nitrogen and oxygen atoms in total. The Morgan fingerprint density at radius 3 is 2.62 bits per heavy atom. The normalized spacial score (nSPS) is 15.6. The van der Waals surface area contributed by atoms with E-state index in [0.29, 0.717) is 11.7 Å². The van der Waals surface area contributed by atoms with Gasteiger partial charge in [0.1, 0.15) is 0 Å². The van der Waals surface area contributed by atoms with Crippen LogP contribution in [0.3, 0.4) is 0 Å². The molecular formula is C27H31NO4. The lowest BCUT2D eigenvalue weighted by atomic mass is 9.91. The summed E-state index contributed by atoms with van der Waals surface area (Å²) in [6.45, 7) is 4.54. The number of benzene rings is 3. The van der Waals surface area contributed by atoms with Crippen LogP contribution in [-0.2, 0) is 16.8 Å². The lowest BCUT2D eigenvalue weighted by Crippen LogP contribution is -2.27. The summed E-state index contributed by atoms with van der Waals surface area (Å²) >= 11 is 0. The fourth-order valence-electron chi connectivity index (χ4n) is 4.44. The van der Waals surface area contributed by atoms with Crippen molar-refractivity contribution in [3.63, 3.8) is 0 Å². The molecular weight excluding hydrogens is 402 g/mol. The number of aliphatic hydroxyl groups is 1. The van der Waals surface area contributed by atoms with Gasteiger partial charge in [0.05, 0.1) is 12.0 Å². The highest BCUT2D eigenvalue weighted by atomic mass is 16.7. The zero-order chi connectivity index (χ0) is 22.3. The van der Waals surface area contributed by atoms with Crippen LogP contribution in [0.25, 0.3) is 11.1 Å². The Morgan fingerprint density at radius 1 is 1.06 bits per heavy atom. The summed E-state index contributed by atoms with van der Waals surface area (Å²) in [4.78, 5) is 13.3. The highest BCUT2D eigenvalue weighted by Gasteiger charge is 2.51. The van der Waals surface area contributed by atoms with Gasteiger partial charge in [-0.15, -0.1) is 0 Å². The lowest BCUT2D eigenvalue weighted by Gasteiger charge is -2.19. The molecule has 1 amide bonds. The zero-order valence-corrected chi connectivity index (χ0v) is 18.4. The molecule has 3 aromatic rings. The molecule has 3 aromatic carbocycles. The van der Waals surface area contributed by atoms with Crippen LogP contribution in [0.4, 0.5) is 5.69 Å². The molecule has 0 atom stereocenters. The van der Waals surface area contributed by atoms with E-state index in [1.54, 1.807) is 0 Å². The highest BCUT2D eigenvalue weighted by molar-refractivity contribution is 6.02. The zero-order valence-electron chi connectivity index (χ0n) is 18.4. The van der Waals surface area contributed by atoms with Gasteiger partial charge in [-0.1, -0.05) is 44.2 Å². The summed E-state index contributed by atoms with van der Waals surface area (Å²) < 4.78 is 10.9. The van der Waals surface area contributed by atoms with Gasteiger partial charge in [-0.2, -0.15) is 0 Å². The van der Waals surface area contributed by atoms with E-state index in [0.717, 1.165) is 46.5 Å². The molecule has 5 rings (SSSR count). The molecule has 0 saturated heterocycles. The third-order valence-corrected chi connectivity index (χ3v) is 6.46. The van der Waals surface area contributed by atoms with Crippen LogP contribution in [0.15, 0.2) is 60.7 Å². The minimum Gasteiger partial charge on any atom is -0.454 e. The summed E-state index contributed by atoms with van der Waals surface area (Å²) in [6, 6.07) is 19.8. The van der Waals surface area contributed by atoms with Gasteiger partial charge in [0.15, 0.2) is 11.5 Å². The molecule has 0 unspecified atom stereocenters. The maximum absolute atomic E-state index is 13.3. The molecule has 1 saturated carbocycles. The summed E-state index contributed by atoms with van der Waals surface area (Å²) in [6.07, 6.45) is 1.63. The average molecular weight is 434 g/mol. The number of rotatable bonds is 6. The highest BCUT2D eigenvalue weighted by Crippen LogP contribution is 2.51. The van der Waals surface area contributed by atoms with Crippen molar-refractivity contribution in [2.75, 3.05) is 12.1 Å². The lowest BCUT2D eigenvalue weighted by molar-refractivity contribution is -0.118. The molecule has 32 heavy (non-hydrogen) atoms. The summed E-state index contributed by atoms with van der Waals surface area (Å²) in [5, 5.41) is 12.7. The minimum atomic E-state index is -0.519. The number of hydrogen-bond donors (Lipinski definition) is 2. The standard InChI is InChI=1S/C27H27NO4.2H2/c1-17(2)22-8-7-21(14-23(22)19-5-3-4-18(12-19)15-29)28-26(30)27(10-11-27)20-6-9-24-25(13-20)32-16-31-24;;/h3-9,12-14,17,29H,10-11,15-16H2,1-2H3,(H,28,30);2*1H. The van der Waals surface area contributed by atoms with Gasteiger partial charge in [-0.3, -0.25) is 4.79 Å². The fourth-order valence-corrected chi connectivity index (χ4v) is 4.44. The third-order valence-electron chi connectivity index (χ3n) is 6.46. The van der Waals surface area contributed by atoms with Crippen LogP contribution in [-0.4, -0.2) is 17.8 Å². The molecule has 1 aliphatic heterocycles. The van der Waals surface area contributed by atoms with Crippen LogP contribution >= 0.6 is 0 Å². The second kappa shape index (κ2) is 7.99. The van der Waals surface area contributed by atoms with Crippen molar-refractivity contribution in [3.8, 4) is 22.6 Å². The number of fused-ring (bicyclic) bond motifs is 1. The van der Waals surface area contributed by atoms with Crippen molar-refractivity contribution in [2.24, 2.45) is 0 Å². The van der Waals surface area contributed by atoms with Crippen LogP contribution in [0.5, 0.6) is 11.5 Å². The van der Waals surface area contributed by atoms with E-state index in [1.807, 2.05) is 54.6 Å². The minimum absolute atomic E-state index is 0. The molecule has 2 N–H and O–H groups in total. The Labute approximate surface area is 191 Å². The van der Waals surface area contributed by atoms with Crippen molar-refractivity contribution >= 4 is 11.6 Å². The van der Waals surface area contributed by atoms with Crippen molar-refractivity contribution in [2.45, 2.75) is 44.6 Å². The van der Waals surface area contributed by atoms with Crippen molar-refractivity contribution in [1.29, 1.82) is 0 Å². The van der Waals surface area contributed by atoms with E-state index in [-0.39, 0.29) is 22.2 Å². The maximum Gasteiger partial charge on any atom is 0.235 e.